The molecule has 1 saturated heterocycles. The number of rotatable bonds is 7. The normalized spacial score (nSPS) is 16.0. The fourth-order valence-electron chi connectivity index (χ4n) is 3.39. The third-order valence-corrected chi connectivity index (χ3v) is 6.78. The monoisotopic (exact) mass is 438 g/mol. The predicted octanol–water partition coefficient (Wildman–Crippen LogP) is 5.11. The molecule has 2 heterocycles. The van der Waals surface area contributed by atoms with Gasteiger partial charge in [0.05, 0.1) is 18.8 Å². The Bertz CT molecular complexity index is 1020. The summed E-state index contributed by atoms with van der Waals surface area (Å²) in [7, 11) is 0. The van der Waals surface area contributed by atoms with Crippen molar-refractivity contribution >= 4 is 46.3 Å². The summed E-state index contributed by atoms with van der Waals surface area (Å²) in [6.07, 6.45) is 0.339. The minimum absolute atomic E-state index is 0.0499. The fourth-order valence-corrected chi connectivity index (χ4v) is 5.31. The maximum atomic E-state index is 12.7. The molecule has 0 saturated carbocycles. The Morgan fingerprint density at radius 3 is 2.67 bits per heavy atom. The first kappa shape index (κ1) is 20.5. The molecule has 1 unspecified atom stereocenters. The summed E-state index contributed by atoms with van der Waals surface area (Å²) in [5.74, 6) is 1.16. The number of carbonyl (C=O) groups excluding carboxylic acids is 2. The Hall–Kier alpha value is -2.77. The van der Waals surface area contributed by atoms with Crippen LogP contribution in [-0.4, -0.2) is 24.2 Å². The Morgan fingerprint density at radius 1 is 1.13 bits per heavy atom. The lowest BCUT2D eigenvalue weighted by Gasteiger charge is -2.26. The molecule has 0 radical (unpaired) electrons. The number of ether oxygens (including phenoxy) is 1. The van der Waals surface area contributed by atoms with Gasteiger partial charge in [0.25, 0.3) is 0 Å². The molecule has 5 nitrogen and oxygen atoms in total. The van der Waals surface area contributed by atoms with Crippen LogP contribution in [0.4, 0.5) is 11.4 Å². The van der Waals surface area contributed by atoms with E-state index in [0.717, 1.165) is 27.6 Å². The lowest BCUT2D eigenvalue weighted by Crippen LogP contribution is -2.28. The van der Waals surface area contributed by atoms with Crippen molar-refractivity contribution in [2.45, 2.75) is 18.7 Å². The summed E-state index contributed by atoms with van der Waals surface area (Å²) < 4.78 is 5.51. The van der Waals surface area contributed by atoms with Crippen LogP contribution in [0.5, 0.6) is 5.75 Å². The van der Waals surface area contributed by atoms with Crippen LogP contribution in [0, 0.1) is 0 Å². The van der Waals surface area contributed by atoms with Crippen LogP contribution in [0.25, 0.3) is 0 Å². The van der Waals surface area contributed by atoms with Gasteiger partial charge in [0.2, 0.25) is 11.8 Å². The second-order valence-electron chi connectivity index (χ2n) is 6.75. The minimum Gasteiger partial charge on any atom is -0.494 e. The first-order chi connectivity index (χ1) is 14.7. The molecule has 154 valence electrons. The maximum absolute atomic E-state index is 12.7. The zero-order valence-corrected chi connectivity index (χ0v) is 18.2. The number of amides is 2. The number of para-hydroxylation sites is 1. The van der Waals surface area contributed by atoms with Crippen LogP contribution >= 0.6 is 23.1 Å². The van der Waals surface area contributed by atoms with E-state index >= 15 is 0 Å². The van der Waals surface area contributed by atoms with Crippen molar-refractivity contribution in [1.29, 1.82) is 0 Å². The van der Waals surface area contributed by atoms with Crippen molar-refractivity contribution in [3.63, 3.8) is 0 Å². The van der Waals surface area contributed by atoms with Gasteiger partial charge in [-0.05, 0) is 48.7 Å². The van der Waals surface area contributed by atoms with Gasteiger partial charge in [-0.3, -0.25) is 14.5 Å². The zero-order chi connectivity index (χ0) is 20.9. The lowest BCUT2D eigenvalue weighted by atomic mass is 10.1. The molecule has 1 atom stereocenters. The molecule has 1 fully saturated rings. The molecule has 2 amide bonds. The van der Waals surface area contributed by atoms with Gasteiger partial charge in [-0.15, -0.1) is 23.1 Å². The summed E-state index contributed by atoms with van der Waals surface area (Å²) >= 11 is 3.13. The van der Waals surface area contributed by atoms with E-state index in [1.807, 2.05) is 73.0 Å². The quantitative estimate of drug-likeness (QED) is 0.557. The number of benzene rings is 2. The molecule has 30 heavy (non-hydrogen) atoms. The third-order valence-electron chi connectivity index (χ3n) is 4.71. The van der Waals surface area contributed by atoms with Crippen LogP contribution in [-0.2, 0) is 16.0 Å². The highest BCUT2D eigenvalue weighted by molar-refractivity contribution is 8.00. The number of thioether (sulfide) groups is 1. The van der Waals surface area contributed by atoms with Crippen molar-refractivity contribution in [2.24, 2.45) is 0 Å². The summed E-state index contributed by atoms with van der Waals surface area (Å²) in [6.45, 7) is 2.53. The second kappa shape index (κ2) is 9.36. The van der Waals surface area contributed by atoms with Gasteiger partial charge >= 0.3 is 0 Å². The van der Waals surface area contributed by atoms with Gasteiger partial charge in [-0.2, -0.15) is 0 Å². The molecule has 1 aliphatic heterocycles. The van der Waals surface area contributed by atoms with Gasteiger partial charge < -0.3 is 10.1 Å². The van der Waals surface area contributed by atoms with Crippen LogP contribution in [0.1, 0.15) is 22.7 Å². The first-order valence-corrected chi connectivity index (χ1v) is 11.7. The Morgan fingerprint density at radius 2 is 1.93 bits per heavy atom. The average Bonchev–Trinajstić information content (AvgIpc) is 3.39. The highest BCUT2D eigenvalue weighted by atomic mass is 32.2. The number of nitrogens with zero attached hydrogens (tertiary/aromatic N) is 1. The second-order valence-corrected chi connectivity index (χ2v) is 8.85. The molecular formula is C23H22N2O3S2. The predicted molar refractivity (Wildman–Crippen MR) is 123 cm³/mol. The van der Waals surface area contributed by atoms with Gasteiger partial charge in [0.15, 0.2) is 0 Å². The average molecular weight is 439 g/mol. The van der Waals surface area contributed by atoms with Crippen molar-refractivity contribution in [3.8, 4) is 5.75 Å². The van der Waals surface area contributed by atoms with E-state index in [0.29, 0.717) is 18.8 Å². The van der Waals surface area contributed by atoms with Crippen molar-refractivity contribution in [2.75, 3.05) is 22.6 Å². The van der Waals surface area contributed by atoms with E-state index in [-0.39, 0.29) is 17.2 Å². The van der Waals surface area contributed by atoms with Gasteiger partial charge in [-0.25, -0.2) is 0 Å². The van der Waals surface area contributed by atoms with Crippen molar-refractivity contribution < 1.29 is 14.3 Å². The first-order valence-electron chi connectivity index (χ1n) is 9.73. The van der Waals surface area contributed by atoms with E-state index in [1.165, 1.54) is 0 Å². The Balaban J connectivity index is 1.57. The minimum atomic E-state index is -0.200. The number of hydrogen-bond acceptors (Lipinski definition) is 5. The van der Waals surface area contributed by atoms with Crippen LogP contribution in [0.15, 0.2) is 66.0 Å². The van der Waals surface area contributed by atoms with Crippen LogP contribution < -0.4 is 15.0 Å². The smallest absolute Gasteiger partial charge is 0.238 e. The number of hydrogen-bond donors (Lipinski definition) is 1. The third kappa shape index (κ3) is 4.52. The van der Waals surface area contributed by atoms with Crippen molar-refractivity contribution in [1.82, 2.24) is 0 Å². The van der Waals surface area contributed by atoms with Gasteiger partial charge in [-0.1, -0.05) is 24.3 Å². The number of carbonyl (C=O) groups is 2. The molecular weight excluding hydrogens is 416 g/mol. The van der Waals surface area contributed by atoms with Crippen LogP contribution in [0.2, 0.25) is 0 Å². The van der Waals surface area contributed by atoms with Gasteiger partial charge in [0, 0.05) is 21.8 Å². The standard InChI is InChI=1S/C23H22N2O3S2/c1-2-28-17-11-9-16(10-12-17)25-22(27)15-30-23(25)19-7-3-4-8-20(19)24-21(26)14-18-6-5-13-29-18/h3-13,23H,2,14-15H2,1H3,(H,24,26). The fraction of sp³-hybridized carbons (Fsp3) is 0.217. The van der Waals surface area contributed by atoms with E-state index in [1.54, 1.807) is 28.0 Å². The molecule has 2 aromatic carbocycles. The number of nitrogens with one attached hydrogen (secondary N) is 1. The number of anilines is 2. The SMILES string of the molecule is CCOc1ccc(N2C(=O)CSC2c2ccccc2NC(=O)Cc2cccs2)cc1. The highest BCUT2D eigenvalue weighted by Crippen LogP contribution is 2.44. The van der Waals surface area contributed by atoms with E-state index in [2.05, 4.69) is 5.32 Å². The van der Waals surface area contributed by atoms with Crippen molar-refractivity contribution in [3.05, 3.63) is 76.5 Å². The molecule has 3 aromatic rings. The summed E-state index contributed by atoms with van der Waals surface area (Å²) in [6, 6.07) is 19.1. The molecule has 7 heteroatoms. The molecule has 1 aliphatic rings. The topological polar surface area (TPSA) is 58.6 Å². The molecule has 1 aromatic heterocycles. The summed E-state index contributed by atoms with van der Waals surface area (Å²) in [5, 5.41) is 4.80. The van der Waals surface area contributed by atoms with E-state index in [9.17, 15) is 9.59 Å². The summed E-state index contributed by atoms with van der Waals surface area (Å²) in [4.78, 5) is 28.1. The number of thiophene rings is 1. The molecule has 0 spiro atoms. The molecule has 0 bridgehead atoms. The molecule has 1 N–H and O–H groups in total. The Kier molecular flexibility index (Phi) is 6.40. The highest BCUT2D eigenvalue weighted by Gasteiger charge is 2.35. The maximum Gasteiger partial charge on any atom is 0.238 e. The molecule has 4 rings (SSSR count). The van der Waals surface area contributed by atoms with Crippen LogP contribution in [0.3, 0.4) is 0 Å². The van der Waals surface area contributed by atoms with Gasteiger partial charge in [0.1, 0.15) is 11.1 Å². The molecule has 0 aliphatic carbocycles. The lowest BCUT2D eigenvalue weighted by molar-refractivity contribution is -0.116. The van der Waals surface area contributed by atoms with E-state index in [4.69, 9.17) is 4.74 Å². The Labute approximate surface area is 184 Å². The van der Waals surface area contributed by atoms with E-state index < -0.39 is 0 Å². The zero-order valence-electron chi connectivity index (χ0n) is 16.5. The summed E-state index contributed by atoms with van der Waals surface area (Å²) in [5.41, 5.74) is 2.47. The largest absolute Gasteiger partial charge is 0.494 e.